The van der Waals surface area contributed by atoms with Crippen LogP contribution in [0.5, 0.6) is 0 Å². The van der Waals surface area contributed by atoms with Crippen LogP contribution in [0.15, 0.2) is 66.7 Å². The molecular weight excluding hydrogens is 368 g/mol. The summed E-state index contributed by atoms with van der Waals surface area (Å²) >= 11 is 6.22. The van der Waals surface area contributed by atoms with Crippen molar-refractivity contribution in [1.29, 1.82) is 0 Å². The van der Waals surface area contributed by atoms with Gasteiger partial charge >= 0.3 is 0 Å². The van der Waals surface area contributed by atoms with Crippen molar-refractivity contribution in [3.63, 3.8) is 0 Å². The summed E-state index contributed by atoms with van der Waals surface area (Å²) in [7, 11) is 0. The van der Waals surface area contributed by atoms with Crippen LogP contribution in [0.1, 0.15) is 22.3 Å². The molecule has 3 aromatic rings. The minimum atomic E-state index is -0.0798. The Hall–Kier alpha value is -2.49. The molecule has 0 fully saturated rings. The third-order valence-electron chi connectivity index (χ3n) is 4.77. The predicted molar refractivity (Wildman–Crippen MR) is 119 cm³/mol. The standard InChI is InChI=1S/C24H27ClN2O/c1-17-3-7-19(8-4-17)13-22(16-28)27-23-12-11-21(25)14-24(23)26-15-20-9-5-18(2)6-10-20/h3-12,14,22,26-28H,13,15-16H2,1-2H3/t22-/m0/s1. The summed E-state index contributed by atoms with van der Waals surface area (Å²) in [5.41, 5.74) is 6.74. The van der Waals surface area contributed by atoms with Crippen molar-refractivity contribution in [2.24, 2.45) is 0 Å². The highest BCUT2D eigenvalue weighted by molar-refractivity contribution is 6.31. The number of nitrogens with one attached hydrogen (secondary N) is 2. The van der Waals surface area contributed by atoms with Gasteiger partial charge in [0.05, 0.1) is 24.0 Å². The molecule has 3 N–H and O–H groups in total. The number of aliphatic hydroxyl groups is 1. The average molecular weight is 395 g/mol. The van der Waals surface area contributed by atoms with Gasteiger partial charge in [-0.05, 0) is 49.6 Å². The Morgan fingerprint density at radius 3 is 2.04 bits per heavy atom. The molecule has 0 bridgehead atoms. The Labute approximate surface area is 172 Å². The van der Waals surface area contributed by atoms with Gasteiger partial charge in [-0.3, -0.25) is 0 Å². The lowest BCUT2D eigenvalue weighted by Crippen LogP contribution is -2.26. The monoisotopic (exact) mass is 394 g/mol. The van der Waals surface area contributed by atoms with E-state index in [9.17, 15) is 5.11 Å². The van der Waals surface area contributed by atoms with Crippen LogP contribution in [0.2, 0.25) is 5.02 Å². The van der Waals surface area contributed by atoms with Crippen LogP contribution in [0.3, 0.4) is 0 Å². The van der Waals surface area contributed by atoms with Crippen molar-refractivity contribution in [3.05, 3.63) is 94.0 Å². The minimum Gasteiger partial charge on any atom is -0.394 e. The topological polar surface area (TPSA) is 44.3 Å². The van der Waals surface area contributed by atoms with Gasteiger partial charge in [0, 0.05) is 11.6 Å². The molecule has 28 heavy (non-hydrogen) atoms. The summed E-state index contributed by atoms with van der Waals surface area (Å²) in [5.74, 6) is 0. The second-order valence-corrected chi connectivity index (χ2v) is 7.68. The van der Waals surface area contributed by atoms with E-state index in [1.165, 1.54) is 22.3 Å². The highest BCUT2D eigenvalue weighted by atomic mass is 35.5. The van der Waals surface area contributed by atoms with Crippen molar-refractivity contribution >= 4 is 23.0 Å². The van der Waals surface area contributed by atoms with E-state index < -0.39 is 0 Å². The number of aliphatic hydroxyl groups excluding tert-OH is 1. The maximum atomic E-state index is 9.87. The maximum Gasteiger partial charge on any atom is 0.0636 e. The molecule has 0 aliphatic heterocycles. The van der Waals surface area contributed by atoms with Gasteiger partial charge < -0.3 is 15.7 Å². The summed E-state index contributed by atoms with van der Waals surface area (Å²) in [6, 6.07) is 22.5. The smallest absolute Gasteiger partial charge is 0.0636 e. The van der Waals surface area contributed by atoms with Crippen molar-refractivity contribution in [1.82, 2.24) is 0 Å². The molecule has 0 aliphatic carbocycles. The fourth-order valence-electron chi connectivity index (χ4n) is 3.08. The molecular formula is C24H27ClN2O. The molecule has 3 aromatic carbocycles. The van der Waals surface area contributed by atoms with Crippen molar-refractivity contribution in [2.45, 2.75) is 32.9 Å². The molecule has 0 amide bonds. The largest absolute Gasteiger partial charge is 0.394 e. The van der Waals surface area contributed by atoms with Gasteiger partial charge in [-0.15, -0.1) is 0 Å². The molecule has 0 spiro atoms. The van der Waals surface area contributed by atoms with Crippen molar-refractivity contribution in [3.8, 4) is 0 Å². The molecule has 3 rings (SSSR count). The molecule has 146 valence electrons. The van der Waals surface area contributed by atoms with E-state index in [1.54, 1.807) is 0 Å². The van der Waals surface area contributed by atoms with E-state index in [0.717, 1.165) is 17.8 Å². The van der Waals surface area contributed by atoms with E-state index in [2.05, 4.69) is 73.0 Å². The number of hydrogen-bond acceptors (Lipinski definition) is 3. The first-order valence-corrected chi connectivity index (χ1v) is 9.93. The first-order chi connectivity index (χ1) is 13.5. The van der Waals surface area contributed by atoms with Crippen LogP contribution in [0.25, 0.3) is 0 Å². The van der Waals surface area contributed by atoms with Gasteiger partial charge in [-0.1, -0.05) is 71.3 Å². The number of hydrogen-bond donors (Lipinski definition) is 3. The first kappa shape index (κ1) is 20.2. The van der Waals surface area contributed by atoms with Gasteiger partial charge in [-0.25, -0.2) is 0 Å². The van der Waals surface area contributed by atoms with E-state index in [-0.39, 0.29) is 12.6 Å². The van der Waals surface area contributed by atoms with E-state index in [0.29, 0.717) is 11.6 Å². The first-order valence-electron chi connectivity index (χ1n) is 9.55. The predicted octanol–water partition coefficient (Wildman–Crippen LogP) is 5.58. The lowest BCUT2D eigenvalue weighted by molar-refractivity contribution is 0.274. The molecule has 1 atom stereocenters. The van der Waals surface area contributed by atoms with Crippen LogP contribution in [0, 0.1) is 13.8 Å². The van der Waals surface area contributed by atoms with E-state index in [1.807, 2.05) is 18.2 Å². The lowest BCUT2D eigenvalue weighted by atomic mass is 10.0. The Kier molecular flexibility index (Phi) is 6.96. The number of rotatable bonds is 8. The van der Waals surface area contributed by atoms with Crippen LogP contribution < -0.4 is 10.6 Å². The second kappa shape index (κ2) is 9.63. The van der Waals surface area contributed by atoms with Crippen molar-refractivity contribution < 1.29 is 5.11 Å². The fourth-order valence-corrected chi connectivity index (χ4v) is 3.25. The minimum absolute atomic E-state index is 0.0495. The number of aryl methyl sites for hydroxylation is 2. The molecule has 0 saturated heterocycles. The van der Waals surface area contributed by atoms with Gasteiger partial charge in [0.1, 0.15) is 0 Å². The van der Waals surface area contributed by atoms with E-state index in [4.69, 9.17) is 11.6 Å². The van der Waals surface area contributed by atoms with Gasteiger partial charge in [0.15, 0.2) is 0 Å². The quantitative estimate of drug-likeness (QED) is 0.467. The maximum absolute atomic E-state index is 9.87. The lowest BCUT2D eigenvalue weighted by Gasteiger charge is -2.21. The summed E-state index contributed by atoms with van der Waals surface area (Å²) < 4.78 is 0. The normalized spacial score (nSPS) is 11.9. The highest BCUT2D eigenvalue weighted by Crippen LogP contribution is 2.27. The number of benzene rings is 3. The number of halogens is 1. The SMILES string of the molecule is Cc1ccc(CNc2cc(Cl)ccc2N[C@H](CO)Cc2ccc(C)cc2)cc1. The second-order valence-electron chi connectivity index (χ2n) is 7.24. The van der Waals surface area contributed by atoms with Gasteiger partial charge in [0.25, 0.3) is 0 Å². The zero-order chi connectivity index (χ0) is 19.9. The van der Waals surface area contributed by atoms with Crippen LogP contribution >= 0.6 is 11.6 Å². The molecule has 4 heteroatoms. The van der Waals surface area contributed by atoms with E-state index >= 15 is 0 Å². The third kappa shape index (κ3) is 5.75. The Morgan fingerprint density at radius 1 is 0.821 bits per heavy atom. The van der Waals surface area contributed by atoms with Crippen LogP contribution in [-0.4, -0.2) is 17.8 Å². The van der Waals surface area contributed by atoms with Crippen LogP contribution in [0.4, 0.5) is 11.4 Å². The molecule has 0 saturated carbocycles. The van der Waals surface area contributed by atoms with Gasteiger partial charge in [0.2, 0.25) is 0 Å². The van der Waals surface area contributed by atoms with Gasteiger partial charge in [-0.2, -0.15) is 0 Å². The number of anilines is 2. The zero-order valence-corrected chi connectivity index (χ0v) is 17.1. The molecule has 0 aromatic heterocycles. The average Bonchev–Trinajstić information content (AvgIpc) is 2.70. The summed E-state index contributed by atoms with van der Waals surface area (Å²) in [6.45, 7) is 4.91. The molecule has 3 nitrogen and oxygen atoms in total. The molecule has 0 radical (unpaired) electrons. The summed E-state index contributed by atoms with van der Waals surface area (Å²) in [4.78, 5) is 0. The Bertz CT molecular complexity index is 891. The molecule has 0 heterocycles. The van der Waals surface area contributed by atoms with Crippen LogP contribution in [-0.2, 0) is 13.0 Å². The zero-order valence-electron chi connectivity index (χ0n) is 16.4. The highest BCUT2D eigenvalue weighted by Gasteiger charge is 2.12. The molecule has 0 unspecified atom stereocenters. The molecule has 0 aliphatic rings. The Morgan fingerprint density at radius 2 is 1.43 bits per heavy atom. The Balaban J connectivity index is 1.71. The third-order valence-corrected chi connectivity index (χ3v) is 5.00. The fraction of sp³-hybridized carbons (Fsp3) is 0.250. The summed E-state index contributed by atoms with van der Waals surface area (Å²) in [6.07, 6.45) is 0.747. The summed E-state index contributed by atoms with van der Waals surface area (Å²) in [5, 5.41) is 17.5. The van der Waals surface area contributed by atoms with Crippen molar-refractivity contribution in [2.75, 3.05) is 17.2 Å².